The van der Waals surface area contributed by atoms with Gasteiger partial charge in [-0.3, -0.25) is 4.79 Å². The lowest BCUT2D eigenvalue weighted by Gasteiger charge is -2.24. The molecule has 0 aliphatic carbocycles. The van der Waals surface area contributed by atoms with Crippen molar-refractivity contribution < 1.29 is 9.47 Å². The summed E-state index contributed by atoms with van der Waals surface area (Å²) in [7, 11) is 3.23. The fraction of sp³-hybridized carbons (Fsp3) is 0.207. The maximum Gasteiger partial charge on any atom is 0.226 e. The SMILES string of the molecule is CCc1ccc(C2c3[nH]c4ccccc4c(=O)c3CN2c2ncc(-c3ccc(OC)c(OC)c3)cn2)s1. The van der Waals surface area contributed by atoms with Crippen LogP contribution in [0, 0.1) is 0 Å². The quantitative estimate of drug-likeness (QED) is 0.314. The first-order valence-electron chi connectivity index (χ1n) is 12.1. The standard InChI is InChI=1S/C29H26N4O3S/c1-4-19-10-12-25(37-19)27-26-21(28(34)20-7-5-6-8-22(20)32-26)16-33(27)29-30-14-18(15-31-29)17-9-11-23(35-2)24(13-17)36-3/h5-15,27H,4,16H2,1-3H3,(H,32,34). The second kappa shape index (κ2) is 9.37. The van der Waals surface area contributed by atoms with Crippen LogP contribution >= 0.6 is 11.3 Å². The van der Waals surface area contributed by atoms with Crippen molar-refractivity contribution in [2.45, 2.75) is 25.9 Å². The molecule has 0 saturated heterocycles. The van der Waals surface area contributed by atoms with Crippen molar-refractivity contribution in [3.8, 4) is 22.6 Å². The molecule has 186 valence electrons. The molecule has 1 aliphatic heterocycles. The van der Waals surface area contributed by atoms with Crippen LogP contribution in [-0.2, 0) is 13.0 Å². The highest BCUT2D eigenvalue weighted by molar-refractivity contribution is 7.12. The molecule has 0 bridgehead atoms. The average molecular weight is 511 g/mol. The monoisotopic (exact) mass is 510 g/mol. The van der Waals surface area contributed by atoms with Gasteiger partial charge in [-0.15, -0.1) is 11.3 Å². The number of nitrogens with one attached hydrogen (secondary N) is 1. The third-order valence-corrected chi connectivity index (χ3v) is 8.15. The van der Waals surface area contributed by atoms with Crippen LogP contribution in [0.15, 0.2) is 71.8 Å². The molecular weight excluding hydrogens is 484 g/mol. The molecule has 1 N–H and O–H groups in total. The summed E-state index contributed by atoms with van der Waals surface area (Å²) in [4.78, 5) is 31.1. The summed E-state index contributed by atoms with van der Waals surface area (Å²) in [5.41, 5.74) is 4.38. The number of ether oxygens (including phenoxy) is 2. The topological polar surface area (TPSA) is 80.3 Å². The number of aryl methyl sites for hydroxylation is 1. The largest absolute Gasteiger partial charge is 0.493 e. The Morgan fingerprint density at radius 3 is 2.51 bits per heavy atom. The zero-order chi connectivity index (χ0) is 25.5. The normalized spacial score (nSPS) is 14.7. The van der Waals surface area contributed by atoms with Crippen LogP contribution in [0.3, 0.4) is 0 Å². The zero-order valence-electron chi connectivity index (χ0n) is 20.8. The van der Waals surface area contributed by atoms with Crippen LogP contribution in [0.2, 0.25) is 0 Å². The lowest BCUT2D eigenvalue weighted by molar-refractivity contribution is 0.355. The highest BCUT2D eigenvalue weighted by Crippen LogP contribution is 2.42. The first-order chi connectivity index (χ1) is 18.1. The number of fused-ring (bicyclic) bond motifs is 2. The van der Waals surface area contributed by atoms with Gasteiger partial charge in [0.1, 0.15) is 6.04 Å². The van der Waals surface area contributed by atoms with Gasteiger partial charge in [-0.1, -0.05) is 25.1 Å². The van der Waals surface area contributed by atoms with Gasteiger partial charge in [0.25, 0.3) is 0 Å². The van der Waals surface area contributed by atoms with Crippen molar-refractivity contribution in [2.75, 3.05) is 19.1 Å². The molecule has 0 amide bonds. The first-order valence-corrected chi connectivity index (χ1v) is 13.0. The number of hydrogen-bond donors (Lipinski definition) is 1. The molecule has 1 unspecified atom stereocenters. The Morgan fingerprint density at radius 2 is 1.78 bits per heavy atom. The van der Waals surface area contributed by atoms with Crippen molar-refractivity contribution in [1.82, 2.24) is 15.0 Å². The van der Waals surface area contributed by atoms with Crippen molar-refractivity contribution in [1.29, 1.82) is 0 Å². The minimum atomic E-state index is -0.162. The molecule has 5 aromatic rings. The molecule has 3 aromatic heterocycles. The molecule has 0 spiro atoms. The van der Waals surface area contributed by atoms with Crippen LogP contribution in [0.4, 0.5) is 5.95 Å². The summed E-state index contributed by atoms with van der Waals surface area (Å²) in [6.45, 7) is 2.59. The number of para-hydroxylation sites is 1. The van der Waals surface area contributed by atoms with Gasteiger partial charge < -0.3 is 19.4 Å². The maximum absolute atomic E-state index is 13.5. The number of methoxy groups -OCH3 is 2. The van der Waals surface area contributed by atoms with Gasteiger partial charge >= 0.3 is 0 Å². The third kappa shape index (κ3) is 3.94. The Morgan fingerprint density at radius 1 is 1.00 bits per heavy atom. The van der Waals surface area contributed by atoms with Gasteiger partial charge in [-0.25, -0.2) is 9.97 Å². The summed E-state index contributed by atoms with van der Waals surface area (Å²) in [5, 5.41) is 0.701. The molecule has 1 atom stereocenters. The van der Waals surface area contributed by atoms with Gasteiger partial charge in [0.05, 0.1) is 26.5 Å². The number of thiophene rings is 1. The molecule has 0 fully saturated rings. The maximum atomic E-state index is 13.5. The molecule has 4 heterocycles. The highest BCUT2D eigenvalue weighted by Gasteiger charge is 2.37. The number of anilines is 1. The Labute approximate surface area is 218 Å². The van der Waals surface area contributed by atoms with Gasteiger partial charge in [0.2, 0.25) is 5.95 Å². The van der Waals surface area contributed by atoms with E-state index in [4.69, 9.17) is 19.4 Å². The zero-order valence-corrected chi connectivity index (χ0v) is 21.6. The lowest BCUT2D eigenvalue weighted by atomic mass is 10.1. The molecule has 6 rings (SSSR count). The molecule has 7 nitrogen and oxygen atoms in total. The number of rotatable bonds is 6. The Bertz CT molecular complexity index is 1660. The van der Waals surface area contributed by atoms with Crippen LogP contribution < -0.4 is 19.8 Å². The minimum absolute atomic E-state index is 0.0612. The van der Waals surface area contributed by atoms with Crippen molar-refractivity contribution in [3.05, 3.63) is 98.2 Å². The van der Waals surface area contributed by atoms with E-state index in [0.717, 1.165) is 39.2 Å². The van der Waals surface area contributed by atoms with Crippen LogP contribution in [-0.4, -0.2) is 29.2 Å². The number of nitrogens with zero attached hydrogens (tertiary/aromatic N) is 3. The first kappa shape index (κ1) is 23.2. The molecule has 8 heteroatoms. The summed E-state index contributed by atoms with van der Waals surface area (Å²) in [6.07, 6.45) is 4.59. The van der Waals surface area contributed by atoms with Crippen LogP contribution in [0.25, 0.3) is 22.0 Å². The summed E-state index contributed by atoms with van der Waals surface area (Å²) < 4.78 is 10.8. The van der Waals surface area contributed by atoms with E-state index in [0.29, 0.717) is 29.4 Å². The van der Waals surface area contributed by atoms with Gasteiger partial charge in [-0.05, 0) is 48.4 Å². The number of aromatic amines is 1. The number of benzene rings is 2. The van der Waals surface area contributed by atoms with Crippen LogP contribution in [0.1, 0.15) is 34.0 Å². The predicted molar refractivity (Wildman–Crippen MR) is 147 cm³/mol. The lowest BCUT2D eigenvalue weighted by Crippen LogP contribution is -2.24. The number of H-pyrrole nitrogens is 1. The fourth-order valence-electron chi connectivity index (χ4n) is 4.95. The van der Waals surface area contributed by atoms with Crippen molar-refractivity contribution >= 4 is 28.2 Å². The van der Waals surface area contributed by atoms with E-state index in [1.807, 2.05) is 54.9 Å². The fourth-order valence-corrected chi connectivity index (χ4v) is 6.03. The molecule has 0 saturated carbocycles. The Balaban J connectivity index is 1.43. The molecular formula is C29H26N4O3S. The number of hydrogen-bond acceptors (Lipinski definition) is 7. The predicted octanol–water partition coefficient (Wildman–Crippen LogP) is 5.74. The van der Waals surface area contributed by atoms with E-state index in [9.17, 15) is 4.79 Å². The number of aromatic nitrogens is 3. The molecule has 2 aromatic carbocycles. The van der Waals surface area contributed by atoms with E-state index in [2.05, 4.69) is 28.9 Å². The summed E-state index contributed by atoms with van der Waals surface area (Å²) in [6, 6.07) is 17.6. The van der Waals surface area contributed by atoms with Crippen LogP contribution in [0.5, 0.6) is 11.5 Å². The van der Waals surface area contributed by atoms with Gasteiger partial charge in [0.15, 0.2) is 16.9 Å². The smallest absolute Gasteiger partial charge is 0.226 e. The van der Waals surface area contributed by atoms with E-state index in [-0.39, 0.29) is 11.5 Å². The van der Waals surface area contributed by atoms with Gasteiger partial charge in [-0.2, -0.15) is 0 Å². The van der Waals surface area contributed by atoms with E-state index in [1.165, 1.54) is 4.88 Å². The Kier molecular flexibility index (Phi) is 5.88. The van der Waals surface area contributed by atoms with Crippen molar-refractivity contribution in [2.24, 2.45) is 0 Å². The summed E-state index contributed by atoms with van der Waals surface area (Å²) >= 11 is 1.77. The molecule has 37 heavy (non-hydrogen) atoms. The Hall–Kier alpha value is -4.17. The average Bonchev–Trinajstić information content (AvgIpc) is 3.57. The number of pyridine rings is 1. The van der Waals surface area contributed by atoms with Crippen molar-refractivity contribution in [3.63, 3.8) is 0 Å². The van der Waals surface area contributed by atoms with E-state index < -0.39 is 0 Å². The molecule has 0 radical (unpaired) electrons. The highest BCUT2D eigenvalue weighted by atomic mass is 32.1. The van der Waals surface area contributed by atoms with E-state index in [1.54, 1.807) is 25.6 Å². The van der Waals surface area contributed by atoms with E-state index >= 15 is 0 Å². The van der Waals surface area contributed by atoms with Gasteiger partial charge in [0, 0.05) is 44.2 Å². The summed E-state index contributed by atoms with van der Waals surface area (Å²) in [5.74, 6) is 1.89. The second-order valence-corrected chi connectivity index (χ2v) is 10.1. The second-order valence-electron chi connectivity index (χ2n) is 8.92. The minimum Gasteiger partial charge on any atom is -0.493 e. The third-order valence-electron chi connectivity index (χ3n) is 6.87. The molecule has 1 aliphatic rings.